The van der Waals surface area contributed by atoms with Gasteiger partial charge >= 0.3 is 0 Å². The molecule has 54 valence electrons. The number of hydrogen-bond donors (Lipinski definition) is 0. The zero-order valence-electron chi connectivity index (χ0n) is 6.64. The lowest BCUT2D eigenvalue weighted by Gasteiger charge is -2.21. The van der Waals surface area contributed by atoms with Gasteiger partial charge in [-0.25, -0.2) is 0 Å². The summed E-state index contributed by atoms with van der Waals surface area (Å²) in [6.07, 6.45) is 0. The minimum absolute atomic E-state index is 0.329. The van der Waals surface area contributed by atoms with Gasteiger partial charge in [-0.15, -0.1) is 0 Å². The average molecular weight is 145 g/mol. The molecule has 0 aromatic heterocycles. The molecule has 2 radical (unpaired) electrons. The van der Waals surface area contributed by atoms with Gasteiger partial charge in [-0.3, -0.25) is 4.90 Å². The highest BCUT2D eigenvalue weighted by atomic mass is 28.2. The van der Waals surface area contributed by atoms with Gasteiger partial charge in [0.15, 0.2) is 0 Å². The van der Waals surface area contributed by atoms with E-state index in [4.69, 9.17) is 4.74 Å². The van der Waals surface area contributed by atoms with Gasteiger partial charge in [-0.1, -0.05) is 6.55 Å². The highest BCUT2D eigenvalue weighted by Gasteiger charge is 2.06. The first kappa shape index (κ1) is 9.14. The predicted octanol–water partition coefficient (Wildman–Crippen LogP) is 0.620. The maximum absolute atomic E-state index is 5.39. The van der Waals surface area contributed by atoms with E-state index < -0.39 is 0 Å². The summed E-state index contributed by atoms with van der Waals surface area (Å²) >= 11 is 0. The molecule has 0 N–H and O–H groups in total. The highest BCUT2D eigenvalue weighted by molar-refractivity contribution is 6.35. The van der Waals surface area contributed by atoms with E-state index in [9.17, 15) is 0 Å². The second-order valence-corrected chi connectivity index (χ2v) is 3.13. The number of rotatable bonds is 4. The van der Waals surface area contributed by atoms with E-state index in [-0.39, 0.29) is 0 Å². The molecule has 1 atom stereocenters. The van der Waals surface area contributed by atoms with Crippen molar-refractivity contribution in [3.8, 4) is 0 Å². The van der Waals surface area contributed by atoms with E-state index in [2.05, 4.69) is 11.4 Å². The molecular formula is C6H15NOSi. The standard InChI is InChI=1S/C6H15NOSi/c1-5-8-6(9-4)7(2)3/h6H,5H2,1-4H3. The van der Waals surface area contributed by atoms with Crippen LogP contribution in [0, 0.1) is 0 Å². The van der Waals surface area contributed by atoms with Gasteiger partial charge in [0, 0.05) is 6.61 Å². The van der Waals surface area contributed by atoms with Crippen LogP contribution in [0.4, 0.5) is 0 Å². The third-order valence-electron chi connectivity index (χ3n) is 1.04. The summed E-state index contributed by atoms with van der Waals surface area (Å²) in [5, 5.41) is 0. The van der Waals surface area contributed by atoms with Crippen molar-refractivity contribution in [1.29, 1.82) is 0 Å². The Bertz CT molecular complexity index is 68.1. The molecule has 0 aliphatic heterocycles. The van der Waals surface area contributed by atoms with Crippen LogP contribution in [0.15, 0.2) is 0 Å². The molecule has 2 nitrogen and oxygen atoms in total. The topological polar surface area (TPSA) is 12.5 Å². The smallest absolute Gasteiger partial charge is 0.0955 e. The lowest BCUT2D eigenvalue weighted by Crippen LogP contribution is -2.34. The molecule has 0 aliphatic rings. The quantitative estimate of drug-likeness (QED) is 0.425. The van der Waals surface area contributed by atoms with Crippen molar-refractivity contribution in [2.24, 2.45) is 0 Å². The van der Waals surface area contributed by atoms with E-state index in [0.717, 1.165) is 16.1 Å². The highest BCUT2D eigenvalue weighted by Crippen LogP contribution is 1.92. The fourth-order valence-electron chi connectivity index (χ4n) is 0.648. The van der Waals surface area contributed by atoms with Crippen molar-refractivity contribution < 1.29 is 4.74 Å². The largest absolute Gasteiger partial charge is 0.368 e. The van der Waals surface area contributed by atoms with Gasteiger partial charge in [-0.2, -0.15) is 0 Å². The second kappa shape index (κ2) is 4.96. The van der Waals surface area contributed by atoms with Crippen LogP contribution in [0.3, 0.4) is 0 Å². The molecule has 1 unspecified atom stereocenters. The molecule has 0 heterocycles. The number of hydrogen-bond acceptors (Lipinski definition) is 2. The van der Waals surface area contributed by atoms with Crippen molar-refractivity contribution >= 4 is 9.52 Å². The van der Waals surface area contributed by atoms with Crippen molar-refractivity contribution in [3.63, 3.8) is 0 Å². The molecule has 0 rings (SSSR count). The molecule has 0 aliphatic carbocycles. The summed E-state index contributed by atoms with van der Waals surface area (Å²) in [6.45, 7) is 4.99. The van der Waals surface area contributed by atoms with Gasteiger partial charge in [0.1, 0.15) is 0 Å². The maximum atomic E-state index is 5.39. The molecule has 0 aromatic carbocycles. The van der Waals surface area contributed by atoms with Crippen LogP contribution in [-0.4, -0.2) is 41.0 Å². The van der Waals surface area contributed by atoms with Crippen LogP contribution in [0.25, 0.3) is 0 Å². The molecule has 0 aromatic rings. The Kier molecular flexibility index (Phi) is 5.04. The normalized spacial score (nSPS) is 14.3. The third kappa shape index (κ3) is 3.67. The van der Waals surface area contributed by atoms with E-state index in [1.165, 1.54) is 0 Å². The van der Waals surface area contributed by atoms with E-state index in [1.54, 1.807) is 0 Å². The van der Waals surface area contributed by atoms with Crippen LogP contribution in [0.2, 0.25) is 6.55 Å². The first-order chi connectivity index (χ1) is 4.22. The summed E-state index contributed by atoms with van der Waals surface area (Å²) < 4.78 is 5.39. The minimum atomic E-state index is 0.329. The summed E-state index contributed by atoms with van der Waals surface area (Å²) in [5.74, 6) is 0.329. The summed E-state index contributed by atoms with van der Waals surface area (Å²) in [4.78, 5) is 2.10. The molecule has 0 saturated heterocycles. The van der Waals surface area contributed by atoms with Gasteiger partial charge < -0.3 is 4.74 Å². The lowest BCUT2D eigenvalue weighted by atomic mass is 10.8. The second-order valence-electron chi connectivity index (χ2n) is 2.06. The van der Waals surface area contributed by atoms with Crippen molar-refractivity contribution in [2.75, 3.05) is 20.7 Å². The minimum Gasteiger partial charge on any atom is -0.368 e. The van der Waals surface area contributed by atoms with Crippen LogP contribution in [-0.2, 0) is 4.74 Å². The summed E-state index contributed by atoms with van der Waals surface area (Å²) in [7, 11) is 4.92. The van der Waals surface area contributed by atoms with Crippen LogP contribution >= 0.6 is 0 Å². The van der Waals surface area contributed by atoms with Crippen molar-refractivity contribution in [1.82, 2.24) is 4.90 Å². The third-order valence-corrected chi connectivity index (χ3v) is 2.22. The van der Waals surface area contributed by atoms with Crippen LogP contribution in [0.5, 0.6) is 0 Å². The monoisotopic (exact) mass is 145 g/mol. The number of ether oxygens (including phenoxy) is 1. The predicted molar refractivity (Wildman–Crippen MR) is 40.7 cm³/mol. The Balaban J connectivity index is 3.41. The first-order valence-corrected chi connectivity index (χ1v) is 4.75. The van der Waals surface area contributed by atoms with Gasteiger partial charge in [0.25, 0.3) is 0 Å². The molecule has 0 fully saturated rings. The molecule has 0 bridgehead atoms. The van der Waals surface area contributed by atoms with Crippen LogP contribution < -0.4 is 0 Å². The fourth-order valence-corrected chi connectivity index (χ4v) is 1.50. The Hall–Kier alpha value is 0.137. The zero-order chi connectivity index (χ0) is 7.28. The van der Waals surface area contributed by atoms with Gasteiger partial charge in [0.05, 0.1) is 15.4 Å². The summed E-state index contributed by atoms with van der Waals surface area (Å²) in [6, 6.07) is 0. The SMILES string of the molecule is CCOC([Si]C)N(C)C. The van der Waals surface area contributed by atoms with Crippen LogP contribution in [0.1, 0.15) is 6.92 Å². The van der Waals surface area contributed by atoms with Crippen molar-refractivity contribution in [2.45, 2.75) is 19.3 Å². The molecule has 0 saturated carbocycles. The average Bonchev–Trinajstić information content (AvgIpc) is 1.82. The van der Waals surface area contributed by atoms with Crippen molar-refractivity contribution in [3.05, 3.63) is 0 Å². The van der Waals surface area contributed by atoms with E-state index in [0.29, 0.717) is 5.85 Å². The van der Waals surface area contributed by atoms with Gasteiger partial charge in [0.2, 0.25) is 0 Å². The Morgan fingerprint density at radius 1 is 1.56 bits per heavy atom. The molecule has 0 amide bonds. The lowest BCUT2D eigenvalue weighted by molar-refractivity contribution is 0.0270. The number of nitrogens with zero attached hydrogens (tertiary/aromatic N) is 1. The maximum Gasteiger partial charge on any atom is 0.0955 e. The fraction of sp³-hybridized carbons (Fsp3) is 1.00. The Morgan fingerprint density at radius 2 is 2.11 bits per heavy atom. The Labute approximate surface area is 60.0 Å². The molecule has 3 heteroatoms. The van der Waals surface area contributed by atoms with E-state index >= 15 is 0 Å². The summed E-state index contributed by atoms with van der Waals surface area (Å²) in [5.41, 5.74) is 0. The zero-order valence-corrected chi connectivity index (χ0v) is 7.64. The Morgan fingerprint density at radius 3 is 2.22 bits per heavy atom. The molecule has 9 heavy (non-hydrogen) atoms. The first-order valence-electron chi connectivity index (χ1n) is 3.17. The molecule has 0 spiro atoms. The molecular weight excluding hydrogens is 130 g/mol. The van der Waals surface area contributed by atoms with E-state index in [1.807, 2.05) is 21.0 Å². The van der Waals surface area contributed by atoms with Gasteiger partial charge in [-0.05, 0) is 21.0 Å².